The van der Waals surface area contributed by atoms with Gasteiger partial charge in [0, 0.05) is 10.6 Å². The fourth-order valence-electron chi connectivity index (χ4n) is 3.20. The van der Waals surface area contributed by atoms with E-state index in [2.05, 4.69) is 10.1 Å². The minimum atomic E-state index is -0.880. The zero-order valence-corrected chi connectivity index (χ0v) is 15.7. The van der Waals surface area contributed by atoms with Gasteiger partial charge in [0.05, 0.1) is 13.2 Å². The lowest BCUT2D eigenvalue weighted by atomic mass is 9.98. The Hall–Kier alpha value is -2.41. The second-order valence-electron chi connectivity index (χ2n) is 6.43. The highest BCUT2D eigenvalue weighted by atomic mass is 35.5. The van der Waals surface area contributed by atoms with Crippen LogP contribution < -0.4 is 4.74 Å². The number of benzene rings is 2. The fraction of sp³-hybridized carbons (Fsp3) is 0.300. The van der Waals surface area contributed by atoms with Crippen molar-refractivity contribution >= 4 is 11.6 Å². The highest BCUT2D eigenvalue weighted by Gasteiger charge is 2.39. The number of hydrogen-bond acceptors (Lipinski definition) is 5. The standard InChI is InChI=1S/C20H20ClN3O3/c1-15-11-18(27-17-5-3-16(21)4-6-17)7-8-19(15)20(25-9-2-10-26-20)12-24-14-22-13-23-24/h3-8,11,13-14H,2,9-10,12H2,1H3. The van der Waals surface area contributed by atoms with Gasteiger partial charge in [-0.05, 0) is 61.4 Å². The van der Waals surface area contributed by atoms with Crippen molar-refractivity contribution in [1.82, 2.24) is 14.8 Å². The third kappa shape index (κ3) is 3.98. The van der Waals surface area contributed by atoms with Crippen LogP contribution in [0.2, 0.25) is 5.02 Å². The molecule has 0 aliphatic carbocycles. The molecule has 7 heteroatoms. The van der Waals surface area contributed by atoms with Crippen molar-refractivity contribution in [2.75, 3.05) is 13.2 Å². The average molecular weight is 386 g/mol. The zero-order valence-electron chi connectivity index (χ0n) is 15.0. The van der Waals surface area contributed by atoms with E-state index in [4.69, 9.17) is 25.8 Å². The third-order valence-electron chi connectivity index (χ3n) is 4.45. The fourth-order valence-corrected chi connectivity index (χ4v) is 3.33. The van der Waals surface area contributed by atoms with Crippen LogP contribution in [0.15, 0.2) is 55.1 Å². The van der Waals surface area contributed by atoms with Crippen LogP contribution in [0.25, 0.3) is 0 Å². The summed E-state index contributed by atoms with van der Waals surface area (Å²) in [7, 11) is 0. The van der Waals surface area contributed by atoms with E-state index < -0.39 is 5.79 Å². The Morgan fingerprint density at radius 3 is 2.52 bits per heavy atom. The minimum absolute atomic E-state index is 0.436. The van der Waals surface area contributed by atoms with Gasteiger partial charge in [0.2, 0.25) is 5.79 Å². The maximum Gasteiger partial charge on any atom is 0.215 e. The Morgan fingerprint density at radius 2 is 1.85 bits per heavy atom. The largest absolute Gasteiger partial charge is 0.457 e. The number of ether oxygens (including phenoxy) is 3. The van der Waals surface area contributed by atoms with Crippen molar-refractivity contribution in [2.45, 2.75) is 25.7 Å². The molecule has 1 aliphatic heterocycles. The lowest BCUT2D eigenvalue weighted by Gasteiger charge is -2.38. The molecule has 2 heterocycles. The zero-order chi connectivity index (χ0) is 18.7. The molecule has 0 spiro atoms. The molecule has 1 aromatic heterocycles. The maximum atomic E-state index is 6.11. The summed E-state index contributed by atoms with van der Waals surface area (Å²) in [5.74, 6) is 0.591. The van der Waals surface area contributed by atoms with Crippen molar-refractivity contribution < 1.29 is 14.2 Å². The van der Waals surface area contributed by atoms with Gasteiger partial charge < -0.3 is 14.2 Å². The molecule has 0 unspecified atom stereocenters. The molecular weight excluding hydrogens is 366 g/mol. The molecule has 0 amide bonds. The highest BCUT2D eigenvalue weighted by molar-refractivity contribution is 6.30. The monoisotopic (exact) mass is 385 g/mol. The van der Waals surface area contributed by atoms with Crippen molar-refractivity contribution in [3.8, 4) is 11.5 Å². The summed E-state index contributed by atoms with van der Waals surface area (Å²) in [6, 6.07) is 13.2. The number of aromatic nitrogens is 3. The summed E-state index contributed by atoms with van der Waals surface area (Å²) in [5.41, 5.74) is 1.98. The van der Waals surface area contributed by atoms with Crippen LogP contribution in [0.3, 0.4) is 0 Å². The van der Waals surface area contributed by atoms with Gasteiger partial charge in [0.15, 0.2) is 0 Å². The van der Waals surface area contributed by atoms with Gasteiger partial charge in [-0.1, -0.05) is 11.6 Å². The molecule has 140 valence electrons. The van der Waals surface area contributed by atoms with Gasteiger partial charge in [0.1, 0.15) is 30.7 Å². The molecule has 0 atom stereocenters. The molecule has 2 aromatic carbocycles. The summed E-state index contributed by atoms with van der Waals surface area (Å²) < 4.78 is 19.9. The Morgan fingerprint density at radius 1 is 1.11 bits per heavy atom. The second kappa shape index (κ2) is 7.68. The summed E-state index contributed by atoms with van der Waals surface area (Å²) in [6.07, 6.45) is 4.04. The van der Waals surface area contributed by atoms with Gasteiger partial charge in [0.25, 0.3) is 0 Å². The molecule has 0 bridgehead atoms. The van der Waals surface area contributed by atoms with Crippen LogP contribution in [0.1, 0.15) is 17.5 Å². The molecule has 0 radical (unpaired) electrons. The van der Waals surface area contributed by atoms with Crippen LogP contribution in [0.4, 0.5) is 0 Å². The van der Waals surface area contributed by atoms with E-state index in [1.807, 2.05) is 37.3 Å². The van der Waals surface area contributed by atoms with Crippen LogP contribution >= 0.6 is 11.6 Å². The van der Waals surface area contributed by atoms with E-state index in [-0.39, 0.29) is 0 Å². The Labute approximate surface area is 162 Å². The van der Waals surface area contributed by atoms with Gasteiger partial charge in [-0.2, -0.15) is 5.10 Å². The summed E-state index contributed by atoms with van der Waals surface area (Å²) in [6.45, 7) is 3.73. The quantitative estimate of drug-likeness (QED) is 0.654. The van der Waals surface area contributed by atoms with Gasteiger partial charge in [-0.25, -0.2) is 9.67 Å². The predicted molar refractivity (Wildman–Crippen MR) is 101 cm³/mol. The van der Waals surface area contributed by atoms with E-state index in [0.29, 0.717) is 24.8 Å². The molecule has 4 rings (SSSR count). The molecule has 0 saturated carbocycles. The Balaban J connectivity index is 1.61. The summed E-state index contributed by atoms with van der Waals surface area (Å²) >= 11 is 5.93. The van der Waals surface area contributed by atoms with E-state index in [0.717, 1.165) is 29.0 Å². The van der Waals surface area contributed by atoms with E-state index >= 15 is 0 Å². The lowest BCUT2D eigenvalue weighted by molar-refractivity contribution is -0.284. The normalized spacial score (nSPS) is 16.2. The SMILES string of the molecule is Cc1cc(Oc2ccc(Cl)cc2)ccc1C1(Cn2cncn2)OCCCO1. The predicted octanol–water partition coefficient (Wildman–Crippen LogP) is 4.32. The molecule has 27 heavy (non-hydrogen) atoms. The van der Waals surface area contributed by atoms with Crippen molar-refractivity contribution in [1.29, 1.82) is 0 Å². The summed E-state index contributed by atoms with van der Waals surface area (Å²) in [5, 5.41) is 4.88. The van der Waals surface area contributed by atoms with Crippen LogP contribution in [0.5, 0.6) is 11.5 Å². The number of nitrogens with zero attached hydrogens (tertiary/aromatic N) is 3. The van der Waals surface area contributed by atoms with Crippen LogP contribution in [-0.2, 0) is 21.8 Å². The van der Waals surface area contributed by atoms with E-state index in [1.165, 1.54) is 6.33 Å². The molecule has 6 nitrogen and oxygen atoms in total. The molecule has 3 aromatic rings. The first-order valence-electron chi connectivity index (χ1n) is 8.79. The lowest BCUT2D eigenvalue weighted by Crippen LogP contribution is -2.42. The Kier molecular flexibility index (Phi) is 5.11. The molecule has 1 saturated heterocycles. The average Bonchev–Trinajstić information content (AvgIpc) is 3.17. The second-order valence-corrected chi connectivity index (χ2v) is 6.87. The number of rotatable bonds is 5. The van der Waals surface area contributed by atoms with Crippen molar-refractivity contribution in [2.24, 2.45) is 0 Å². The minimum Gasteiger partial charge on any atom is -0.457 e. The van der Waals surface area contributed by atoms with Gasteiger partial charge >= 0.3 is 0 Å². The van der Waals surface area contributed by atoms with Gasteiger partial charge in [-0.3, -0.25) is 0 Å². The van der Waals surface area contributed by atoms with E-state index in [9.17, 15) is 0 Å². The number of hydrogen-bond donors (Lipinski definition) is 0. The maximum absolute atomic E-state index is 6.11. The topological polar surface area (TPSA) is 58.4 Å². The Bertz CT molecular complexity index is 891. The van der Waals surface area contributed by atoms with Crippen molar-refractivity contribution in [3.05, 3.63) is 71.3 Å². The molecular formula is C20H20ClN3O3. The molecule has 1 aliphatic rings. The third-order valence-corrected chi connectivity index (χ3v) is 4.71. The highest BCUT2D eigenvalue weighted by Crippen LogP contribution is 2.36. The smallest absolute Gasteiger partial charge is 0.215 e. The summed E-state index contributed by atoms with van der Waals surface area (Å²) in [4.78, 5) is 4.01. The molecule has 1 fully saturated rings. The number of aryl methyl sites for hydroxylation is 1. The van der Waals surface area contributed by atoms with Crippen LogP contribution in [0, 0.1) is 6.92 Å². The first kappa shape index (κ1) is 18.0. The number of halogens is 1. The first-order chi connectivity index (χ1) is 13.1. The van der Waals surface area contributed by atoms with E-state index in [1.54, 1.807) is 23.1 Å². The van der Waals surface area contributed by atoms with Gasteiger partial charge in [-0.15, -0.1) is 0 Å². The van der Waals surface area contributed by atoms with Crippen molar-refractivity contribution in [3.63, 3.8) is 0 Å². The molecule has 0 N–H and O–H groups in total. The van der Waals surface area contributed by atoms with Crippen LogP contribution in [-0.4, -0.2) is 28.0 Å². The first-order valence-corrected chi connectivity index (χ1v) is 9.17.